The summed E-state index contributed by atoms with van der Waals surface area (Å²) in [6.45, 7) is 4.60. The van der Waals surface area contributed by atoms with Gasteiger partial charge in [0, 0.05) is 0 Å². The summed E-state index contributed by atoms with van der Waals surface area (Å²) in [7, 11) is 0. The van der Waals surface area contributed by atoms with Crippen LogP contribution < -0.4 is 0 Å². The smallest absolute Gasteiger partial charge is 0.115 e. The molecule has 0 heterocycles. The van der Waals surface area contributed by atoms with E-state index in [1.54, 1.807) is 24.3 Å². The summed E-state index contributed by atoms with van der Waals surface area (Å²) in [4.78, 5) is 0. The highest BCUT2D eigenvalue weighted by Crippen LogP contribution is 2.15. The molecule has 0 unspecified atom stereocenters. The Labute approximate surface area is 206 Å². The minimum Gasteiger partial charge on any atom is -0.508 e. The molecule has 1 N–H and O–H groups in total. The van der Waals surface area contributed by atoms with Crippen LogP contribution in [0.4, 0.5) is 0 Å². The Kier molecular flexibility index (Phi) is 27.8. The fourth-order valence-electron chi connectivity index (χ4n) is 3.91. The van der Waals surface area contributed by atoms with E-state index in [4.69, 9.17) is 5.11 Å². The van der Waals surface area contributed by atoms with Crippen LogP contribution in [0.15, 0.2) is 30.3 Å². The van der Waals surface area contributed by atoms with Crippen molar-refractivity contribution in [3.8, 4) is 5.75 Å². The summed E-state index contributed by atoms with van der Waals surface area (Å²) in [6, 6.07) is 8.71. The second-order valence-electron chi connectivity index (χ2n) is 9.31. The predicted molar refractivity (Wildman–Crippen MR) is 149 cm³/mol. The normalized spacial score (nSPS) is 10.7. The van der Waals surface area contributed by atoms with Crippen LogP contribution in [0.1, 0.15) is 142 Å². The number of thioether (sulfide) groups is 1. The zero-order valence-corrected chi connectivity index (χ0v) is 22.6. The van der Waals surface area contributed by atoms with Crippen LogP contribution in [0.2, 0.25) is 0 Å². The van der Waals surface area contributed by atoms with Crippen LogP contribution >= 0.6 is 11.8 Å². The number of para-hydroxylation sites is 1. The van der Waals surface area contributed by atoms with Crippen LogP contribution in [-0.2, 0) is 0 Å². The molecule has 0 saturated heterocycles. The molecule has 1 aromatic carbocycles. The molecule has 1 nitrogen and oxygen atoms in total. The van der Waals surface area contributed by atoms with Gasteiger partial charge in [0.2, 0.25) is 0 Å². The van der Waals surface area contributed by atoms with Crippen molar-refractivity contribution in [1.29, 1.82) is 0 Å². The van der Waals surface area contributed by atoms with E-state index in [2.05, 4.69) is 25.6 Å². The van der Waals surface area contributed by atoms with Crippen LogP contribution in [0.3, 0.4) is 0 Å². The van der Waals surface area contributed by atoms with Gasteiger partial charge >= 0.3 is 0 Å². The highest BCUT2D eigenvalue weighted by atomic mass is 32.2. The standard InChI is InChI=1S/C24H50S.C6H6O/c1-3-5-7-9-11-13-15-17-19-21-23-25-24-22-20-18-16-14-12-10-8-6-4-2;7-6-4-2-1-3-5-6/h3-24H2,1-2H3;1-5,7H. The third-order valence-corrected chi connectivity index (χ3v) is 7.20. The Morgan fingerprint density at radius 3 is 1.06 bits per heavy atom. The topological polar surface area (TPSA) is 20.2 Å². The molecule has 0 radical (unpaired) electrons. The van der Waals surface area contributed by atoms with Crippen LogP contribution in [0.5, 0.6) is 5.75 Å². The van der Waals surface area contributed by atoms with Gasteiger partial charge < -0.3 is 5.11 Å². The van der Waals surface area contributed by atoms with E-state index in [-0.39, 0.29) is 0 Å². The fraction of sp³-hybridized carbons (Fsp3) is 0.800. The first kappa shape index (κ1) is 31.4. The minimum atomic E-state index is 0.322. The zero-order chi connectivity index (χ0) is 23.4. The molecular formula is C30H56OS. The molecule has 0 bridgehead atoms. The van der Waals surface area contributed by atoms with Crippen molar-refractivity contribution in [2.75, 3.05) is 11.5 Å². The van der Waals surface area contributed by atoms with Crippen LogP contribution in [0, 0.1) is 0 Å². The summed E-state index contributed by atoms with van der Waals surface area (Å²) >= 11 is 2.21. The van der Waals surface area contributed by atoms with E-state index < -0.39 is 0 Å². The van der Waals surface area contributed by atoms with E-state index in [1.165, 1.54) is 140 Å². The highest BCUT2D eigenvalue weighted by molar-refractivity contribution is 7.99. The van der Waals surface area contributed by atoms with Gasteiger partial charge in [-0.15, -0.1) is 0 Å². The van der Waals surface area contributed by atoms with Gasteiger partial charge in [-0.05, 0) is 36.5 Å². The van der Waals surface area contributed by atoms with Crippen molar-refractivity contribution in [3.63, 3.8) is 0 Å². The average Bonchev–Trinajstić information content (AvgIpc) is 2.81. The fourth-order valence-corrected chi connectivity index (χ4v) is 4.93. The number of hydrogen-bond donors (Lipinski definition) is 1. The molecule has 0 spiro atoms. The SMILES string of the molecule is CCCCCCCCCCCCSCCCCCCCCCCCC.Oc1ccccc1. The molecule has 0 aliphatic carbocycles. The zero-order valence-electron chi connectivity index (χ0n) is 21.8. The maximum absolute atomic E-state index is 8.63. The Hall–Kier alpha value is -0.630. The largest absolute Gasteiger partial charge is 0.508 e. The lowest BCUT2D eigenvalue weighted by atomic mass is 10.1. The molecule has 0 aliphatic rings. The molecule has 188 valence electrons. The van der Waals surface area contributed by atoms with E-state index in [0.717, 1.165) is 0 Å². The van der Waals surface area contributed by atoms with Gasteiger partial charge in [0.25, 0.3) is 0 Å². The van der Waals surface area contributed by atoms with Gasteiger partial charge in [0.05, 0.1) is 0 Å². The van der Waals surface area contributed by atoms with Gasteiger partial charge in [-0.3, -0.25) is 0 Å². The molecule has 0 fully saturated rings. The first-order valence-electron chi connectivity index (χ1n) is 14.1. The third-order valence-electron chi connectivity index (χ3n) is 6.04. The number of unbranched alkanes of at least 4 members (excludes halogenated alkanes) is 18. The highest BCUT2D eigenvalue weighted by Gasteiger charge is 1.95. The molecule has 1 rings (SSSR count). The molecule has 0 aromatic heterocycles. The molecular weight excluding hydrogens is 408 g/mol. The van der Waals surface area contributed by atoms with Gasteiger partial charge in [0.15, 0.2) is 0 Å². The summed E-state index contributed by atoms with van der Waals surface area (Å²) in [6.07, 6.45) is 29.2. The first-order chi connectivity index (χ1) is 15.8. The van der Waals surface area contributed by atoms with E-state index >= 15 is 0 Å². The molecule has 0 saturated carbocycles. The Morgan fingerprint density at radius 1 is 0.469 bits per heavy atom. The second kappa shape index (κ2) is 28.4. The number of phenolic OH excluding ortho intramolecular Hbond substituents is 1. The first-order valence-corrected chi connectivity index (χ1v) is 15.3. The molecule has 2 heteroatoms. The molecule has 0 atom stereocenters. The summed E-state index contributed by atoms with van der Waals surface area (Å²) in [5.74, 6) is 3.14. The third kappa shape index (κ3) is 27.4. The number of hydrogen-bond acceptors (Lipinski definition) is 2. The van der Waals surface area contributed by atoms with Crippen molar-refractivity contribution in [2.45, 2.75) is 142 Å². The lowest BCUT2D eigenvalue weighted by Crippen LogP contribution is -1.87. The average molecular weight is 465 g/mol. The maximum atomic E-state index is 8.63. The summed E-state index contributed by atoms with van der Waals surface area (Å²) < 4.78 is 0. The van der Waals surface area contributed by atoms with Gasteiger partial charge in [-0.1, -0.05) is 148 Å². The lowest BCUT2D eigenvalue weighted by molar-refractivity contribution is 0.475. The molecule has 0 amide bonds. The Bertz CT molecular complexity index is 412. The van der Waals surface area contributed by atoms with E-state index in [1.807, 2.05) is 6.07 Å². The summed E-state index contributed by atoms with van der Waals surface area (Å²) in [5, 5.41) is 8.63. The van der Waals surface area contributed by atoms with Crippen LogP contribution in [-0.4, -0.2) is 16.6 Å². The van der Waals surface area contributed by atoms with Crippen molar-refractivity contribution in [3.05, 3.63) is 30.3 Å². The van der Waals surface area contributed by atoms with Crippen molar-refractivity contribution in [2.24, 2.45) is 0 Å². The minimum absolute atomic E-state index is 0.322. The van der Waals surface area contributed by atoms with Gasteiger partial charge in [0.1, 0.15) is 5.75 Å². The van der Waals surface area contributed by atoms with Crippen molar-refractivity contribution < 1.29 is 5.11 Å². The Morgan fingerprint density at radius 2 is 0.781 bits per heavy atom. The van der Waals surface area contributed by atoms with Gasteiger partial charge in [-0.25, -0.2) is 0 Å². The Balaban J connectivity index is 0.00000115. The second-order valence-corrected chi connectivity index (χ2v) is 10.5. The maximum Gasteiger partial charge on any atom is 0.115 e. The lowest BCUT2D eigenvalue weighted by Gasteiger charge is -2.04. The quantitative estimate of drug-likeness (QED) is 0.172. The monoisotopic (exact) mass is 464 g/mol. The van der Waals surface area contributed by atoms with Crippen molar-refractivity contribution >= 4 is 11.8 Å². The number of aromatic hydroxyl groups is 1. The molecule has 1 aromatic rings. The molecule has 0 aliphatic heterocycles. The molecule has 32 heavy (non-hydrogen) atoms. The van der Waals surface area contributed by atoms with E-state index in [9.17, 15) is 0 Å². The van der Waals surface area contributed by atoms with Crippen LogP contribution in [0.25, 0.3) is 0 Å². The number of phenols is 1. The van der Waals surface area contributed by atoms with E-state index in [0.29, 0.717) is 5.75 Å². The summed E-state index contributed by atoms with van der Waals surface area (Å²) in [5.41, 5.74) is 0. The number of benzene rings is 1. The van der Waals surface area contributed by atoms with Crippen molar-refractivity contribution in [1.82, 2.24) is 0 Å². The predicted octanol–water partition coefficient (Wildman–Crippen LogP) is 11.0. The number of rotatable bonds is 22. The van der Waals surface area contributed by atoms with Gasteiger partial charge in [-0.2, -0.15) is 11.8 Å².